The molecule has 5 nitrogen and oxygen atoms in total. The van der Waals surface area contributed by atoms with Crippen LogP contribution in [0.25, 0.3) is 0 Å². The van der Waals surface area contributed by atoms with E-state index >= 15 is 0 Å². The van der Waals surface area contributed by atoms with Gasteiger partial charge in [0, 0.05) is 26.8 Å². The van der Waals surface area contributed by atoms with Gasteiger partial charge in [-0.05, 0) is 5.92 Å². The largest absolute Gasteiger partial charge is 0.384 e. The average Bonchev–Trinajstić information content (AvgIpc) is 2.04. The van der Waals surface area contributed by atoms with Gasteiger partial charge in [0.15, 0.2) is 0 Å². The van der Waals surface area contributed by atoms with Crippen molar-refractivity contribution in [1.82, 2.24) is 5.32 Å². The average molecular weight is 190 g/mol. The van der Waals surface area contributed by atoms with Crippen LogP contribution in [0.4, 0.5) is 0 Å². The highest BCUT2D eigenvalue weighted by Crippen LogP contribution is 1.91. The summed E-state index contributed by atoms with van der Waals surface area (Å²) < 4.78 is 4.91. The quantitative estimate of drug-likeness (QED) is 0.466. The Balaban J connectivity index is 3.39. The maximum absolute atomic E-state index is 10.4. The first-order valence-electron chi connectivity index (χ1n) is 4.25. The molecule has 78 valence electrons. The number of ether oxygens (including phenoxy) is 1. The molecule has 0 aliphatic heterocycles. The second-order valence-electron chi connectivity index (χ2n) is 3.14. The van der Waals surface area contributed by atoms with Crippen LogP contribution < -0.4 is 11.1 Å². The van der Waals surface area contributed by atoms with Crippen molar-refractivity contribution in [3.63, 3.8) is 0 Å². The molecule has 0 aromatic rings. The maximum atomic E-state index is 10.4. The lowest BCUT2D eigenvalue weighted by Gasteiger charge is -2.12. The van der Waals surface area contributed by atoms with Crippen LogP contribution in [0.2, 0.25) is 0 Å². The van der Waals surface area contributed by atoms with Gasteiger partial charge in [-0.15, -0.1) is 0 Å². The van der Waals surface area contributed by atoms with Gasteiger partial charge < -0.3 is 20.9 Å². The lowest BCUT2D eigenvalue weighted by Crippen LogP contribution is -2.39. The van der Waals surface area contributed by atoms with Crippen LogP contribution in [0, 0.1) is 5.92 Å². The van der Waals surface area contributed by atoms with E-state index in [0.29, 0.717) is 19.1 Å². The topological polar surface area (TPSA) is 84.6 Å². The number of carbonyl (C=O) groups is 1. The molecule has 1 amide bonds. The van der Waals surface area contributed by atoms with Crippen LogP contribution in [-0.4, -0.2) is 43.9 Å². The molecular formula is C8H18N2O3. The van der Waals surface area contributed by atoms with E-state index in [9.17, 15) is 4.79 Å². The normalized spacial score (nSPS) is 15.3. The Hall–Kier alpha value is -0.650. The zero-order valence-electron chi connectivity index (χ0n) is 8.12. The zero-order valence-corrected chi connectivity index (χ0v) is 8.12. The monoisotopic (exact) mass is 190 g/mol. The van der Waals surface area contributed by atoms with Crippen LogP contribution in [0.1, 0.15) is 6.92 Å². The van der Waals surface area contributed by atoms with Crippen LogP contribution in [-0.2, 0) is 9.53 Å². The molecule has 0 fully saturated rings. The van der Waals surface area contributed by atoms with Crippen LogP contribution >= 0.6 is 0 Å². The van der Waals surface area contributed by atoms with E-state index in [-0.39, 0.29) is 6.54 Å². The van der Waals surface area contributed by atoms with E-state index < -0.39 is 12.0 Å². The number of amides is 1. The van der Waals surface area contributed by atoms with E-state index in [1.54, 1.807) is 7.11 Å². The minimum atomic E-state index is -1.10. The van der Waals surface area contributed by atoms with E-state index in [1.165, 1.54) is 0 Å². The molecule has 5 heteroatoms. The molecule has 13 heavy (non-hydrogen) atoms. The number of nitrogens with two attached hydrogens (primary N) is 1. The summed E-state index contributed by atoms with van der Waals surface area (Å²) in [6.45, 7) is 3.55. The molecule has 0 heterocycles. The number of primary amides is 1. The number of nitrogens with one attached hydrogen (secondary N) is 1. The Morgan fingerprint density at radius 1 is 1.62 bits per heavy atom. The van der Waals surface area contributed by atoms with E-state index in [1.807, 2.05) is 6.92 Å². The minimum absolute atomic E-state index is 0.198. The van der Waals surface area contributed by atoms with Crippen molar-refractivity contribution in [3.05, 3.63) is 0 Å². The zero-order chi connectivity index (χ0) is 10.3. The molecule has 0 aliphatic rings. The molecule has 0 aromatic heterocycles. The fraction of sp³-hybridized carbons (Fsp3) is 0.875. The Labute approximate surface area is 78.3 Å². The third kappa shape index (κ3) is 6.51. The number of carbonyl (C=O) groups excluding carboxylic acids is 1. The fourth-order valence-electron chi connectivity index (χ4n) is 0.910. The summed E-state index contributed by atoms with van der Waals surface area (Å²) in [6, 6.07) is 0. The van der Waals surface area contributed by atoms with Crippen molar-refractivity contribution in [2.45, 2.75) is 13.0 Å². The maximum Gasteiger partial charge on any atom is 0.247 e. The molecule has 0 aliphatic carbocycles. The molecule has 0 spiro atoms. The predicted molar refractivity (Wildman–Crippen MR) is 49.1 cm³/mol. The summed E-state index contributed by atoms with van der Waals surface area (Å²) in [5.41, 5.74) is 4.86. The molecular weight excluding hydrogens is 172 g/mol. The van der Waals surface area contributed by atoms with Crippen molar-refractivity contribution >= 4 is 5.91 Å². The van der Waals surface area contributed by atoms with Gasteiger partial charge in [0.2, 0.25) is 5.91 Å². The summed E-state index contributed by atoms with van der Waals surface area (Å²) >= 11 is 0. The lowest BCUT2D eigenvalue weighted by atomic mass is 10.2. The number of hydrogen-bond donors (Lipinski definition) is 3. The van der Waals surface area contributed by atoms with Crippen LogP contribution in [0.5, 0.6) is 0 Å². The molecule has 0 bridgehead atoms. The first kappa shape index (κ1) is 12.3. The molecule has 2 unspecified atom stereocenters. The van der Waals surface area contributed by atoms with Gasteiger partial charge in [-0.3, -0.25) is 4.79 Å². The van der Waals surface area contributed by atoms with Crippen LogP contribution in [0.15, 0.2) is 0 Å². The third-order valence-corrected chi connectivity index (χ3v) is 1.61. The highest BCUT2D eigenvalue weighted by Gasteiger charge is 2.10. The van der Waals surface area contributed by atoms with Gasteiger partial charge in [-0.1, -0.05) is 6.92 Å². The molecule has 0 rings (SSSR count). The van der Waals surface area contributed by atoms with Crippen molar-refractivity contribution in [1.29, 1.82) is 0 Å². The van der Waals surface area contributed by atoms with Gasteiger partial charge in [0.05, 0.1) is 0 Å². The number of hydrogen-bond acceptors (Lipinski definition) is 4. The highest BCUT2D eigenvalue weighted by atomic mass is 16.5. The van der Waals surface area contributed by atoms with Gasteiger partial charge in [0.1, 0.15) is 6.10 Å². The Kier molecular flexibility index (Phi) is 6.48. The molecule has 2 atom stereocenters. The van der Waals surface area contributed by atoms with Crippen molar-refractivity contribution in [2.24, 2.45) is 11.7 Å². The van der Waals surface area contributed by atoms with Crippen molar-refractivity contribution in [2.75, 3.05) is 26.8 Å². The predicted octanol–water partition coefficient (Wildman–Crippen LogP) is -1.30. The Bertz CT molecular complexity index is 152. The second-order valence-corrected chi connectivity index (χ2v) is 3.14. The van der Waals surface area contributed by atoms with Crippen LogP contribution in [0.3, 0.4) is 0 Å². The molecule has 0 radical (unpaired) electrons. The van der Waals surface area contributed by atoms with Gasteiger partial charge in [0.25, 0.3) is 0 Å². The van der Waals surface area contributed by atoms with Gasteiger partial charge >= 0.3 is 0 Å². The molecule has 0 aromatic carbocycles. The fourth-order valence-corrected chi connectivity index (χ4v) is 0.910. The highest BCUT2D eigenvalue weighted by molar-refractivity contribution is 5.78. The first-order valence-corrected chi connectivity index (χ1v) is 4.25. The van der Waals surface area contributed by atoms with E-state index in [0.717, 1.165) is 0 Å². The number of methoxy groups -OCH3 is 1. The summed E-state index contributed by atoms with van der Waals surface area (Å²) in [7, 11) is 1.63. The summed E-state index contributed by atoms with van der Waals surface area (Å²) in [5, 5.41) is 11.9. The Morgan fingerprint density at radius 3 is 2.69 bits per heavy atom. The standard InChI is InChI=1S/C8H18N2O3/c1-6(5-13-2)3-10-4-7(11)8(9)12/h6-7,10-11H,3-5H2,1-2H3,(H2,9,12). The summed E-state index contributed by atoms with van der Waals surface area (Å²) in [5.74, 6) is -0.350. The lowest BCUT2D eigenvalue weighted by molar-refractivity contribution is -0.125. The number of aliphatic hydroxyl groups excluding tert-OH is 1. The van der Waals surface area contributed by atoms with E-state index in [2.05, 4.69) is 5.32 Å². The summed E-state index contributed by atoms with van der Waals surface area (Å²) in [4.78, 5) is 10.4. The van der Waals surface area contributed by atoms with E-state index in [4.69, 9.17) is 15.6 Å². The van der Waals surface area contributed by atoms with Gasteiger partial charge in [-0.25, -0.2) is 0 Å². The molecule has 4 N–H and O–H groups in total. The summed E-state index contributed by atoms with van der Waals surface area (Å²) in [6.07, 6.45) is -1.10. The molecule has 0 saturated carbocycles. The van der Waals surface area contributed by atoms with Gasteiger partial charge in [-0.2, -0.15) is 0 Å². The molecule has 0 saturated heterocycles. The van der Waals surface area contributed by atoms with Crippen molar-refractivity contribution < 1.29 is 14.6 Å². The second kappa shape index (κ2) is 6.82. The van der Waals surface area contributed by atoms with Crippen molar-refractivity contribution in [3.8, 4) is 0 Å². The first-order chi connectivity index (χ1) is 6.07. The SMILES string of the molecule is COCC(C)CNCC(O)C(N)=O. The minimum Gasteiger partial charge on any atom is -0.384 e. The number of aliphatic hydroxyl groups is 1. The third-order valence-electron chi connectivity index (χ3n) is 1.61. The Morgan fingerprint density at radius 2 is 2.23 bits per heavy atom. The smallest absolute Gasteiger partial charge is 0.247 e. The number of rotatable bonds is 7.